The highest BCUT2D eigenvalue weighted by molar-refractivity contribution is 6.10. The fraction of sp³-hybridized carbons (Fsp3) is 0.200. The lowest BCUT2D eigenvalue weighted by atomic mass is 9.94. The van der Waals surface area contributed by atoms with Gasteiger partial charge in [0.25, 0.3) is 0 Å². The Hall–Kier alpha value is -3.32. The Bertz CT molecular complexity index is 1260. The maximum absolute atomic E-state index is 4.40. The minimum atomic E-state index is 0.587. The van der Waals surface area contributed by atoms with Crippen molar-refractivity contribution in [2.45, 2.75) is 38.1 Å². The molecule has 2 aliphatic carbocycles. The van der Waals surface area contributed by atoms with Crippen molar-refractivity contribution in [3.63, 3.8) is 0 Å². The summed E-state index contributed by atoms with van der Waals surface area (Å²) in [6.45, 7) is 10.9. The predicted molar refractivity (Wildman–Crippen MR) is 133 cm³/mol. The van der Waals surface area contributed by atoms with Crippen LogP contribution in [0, 0.1) is 6.92 Å². The van der Waals surface area contributed by atoms with Crippen molar-refractivity contribution in [1.82, 2.24) is 0 Å². The van der Waals surface area contributed by atoms with E-state index in [9.17, 15) is 0 Å². The third-order valence-electron chi connectivity index (χ3n) is 7.34. The minimum absolute atomic E-state index is 0.587. The molecule has 6 rings (SSSR count). The standard InChI is InChI=1S/C30H27N/c1-19-12-14-24-20(2)26(21(3)27(24)16-19)17-22-13-15-30-28(18-22)25-10-7-11-29(25)31(30)23-8-5-4-6-9-23/h4-6,8-9,12-18,25,29H,2-3,7,10-11H2,1H3. The summed E-state index contributed by atoms with van der Waals surface area (Å²) in [4.78, 5) is 2.58. The summed E-state index contributed by atoms with van der Waals surface area (Å²) in [5.74, 6) is 0.628. The van der Waals surface area contributed by atoms with Gasteiger partial charge in [0.15, 0.2) is 0 Å². The molecule has 0 bridgehead atoms. The van der Waals surface area contributed by atoms with Crippen LogP contribution in [0.15, 0.2) is 85.5 Å². The molecule has 152 valence electrons. The van der Waals surface area contributed by atoms with Crippen molar-refractivity contribution in [3.8, 4) is 0 Å². The molecule has 3 aromatic rings. The maximum Gasteiger partial charge on any atom is 0.0450 e. The largest absolute Gasteiger partial charge is 0.338 e. The number of hydrogen-bond donors (Lipinski definition) is 0. The summed E-state index contributed by atoms with van der Waals surface area (Å²) in [5.41, 5.74) is 12.5. The summed E-state index contributed by atoms with van der Waals surface area (Å²) in [6, 6.07) is 25.0. The second-order valence-corrected chi connectivity index (χ2v) is 9.19. The van der Waals surface area contributed by atoms with E-state index in [1.807, 2.05) is 0 Å². The van der Waals surface area contributed by atoms with Gasteiger partial charge < -0.3 is 4.90 Å². The van der Waals surface area contributed by atoms with Crippen LogP contribution in [0.3, 0.4) is 0 Å². The van der Waals surface area contributed by atoms with E-state index in [2.05, 4.69) is 97.8 Å². The zero-order valence-electron chi connectivity index (χ0n) is 18.1. The lowest BCUT2D eigenvalue weighted by Crippen LogP contribution is -2.26. The van der Waals surface area contributed by atoms with Gasteiger partial charge in [-0.3, -0.25) is 0 Å². The predicted octanol–water partition coefficient (Wildman–Crippen LogP) is 7.91. The topological polar surface area (TPSA) is 3.24 Å². The van der Waals surface area contributed by atoms with Gasteiger partial charge in [-0.15, -0.1) is 0 Å². The van der Waals surface area contributed by atoms with Gasteiger partial charge in [0, 0.05) is 23.3 Å². The molecule has 31 heavy (non-hydrogen) atoms. The van der Waals surface area contributed by atoms with Gasteiger partial charge in [0.1, 0.15) is 0 Å². The van der Waals surface area contributed by atoms with E-state index in [0.717, 1.165) is 11.1 Å². The lowest BCUT2D eigenvalue weighted by molar-refractivity contribution is 0.642. The molecule has 0 radical (unpaired) electrons. The maximum atomic E-state index is 4.40. The highest BCUT2D eigenvalue weighted by Gasteiger charge is 2.42. The Morgan fingerprint density at radius 3 is 2.52 bits per heavy atom. The molecule has 0 saturated heterocycles. The molecule has 1 aliphatic heterocycles. The number of hydrogen-bond acceptors (Lipinski definition) is 1. The van der Waals surface area contributed by atoms with Gasteiger partial charge >= 0.3 is 0 Å². The third-order valence-corrected chi connectivity index (χ3v) is 7.34. The van der Waals surface area contributed by atoms with Crippen molar-refractivity contribution < 1.29 is 0 Å². The van der Waals surface area contributed by atoms with Gasteiger partial charge in [-0.05, 0) is 89.1 Å². The van der Waals surface area contributed by atoms with E-state index in [0.29, 0.717) is 12.0 Å². The van der Waals surface area contributed by atoms with E-state index < -0.39 is 0 Å². The number of aryl methyl sites for hydroxylation is 1. The van der Waals surface area contributed by atoms with Crippen LogP contribution >= 0.6 is 0 Å². The molecule has 3 aromatic carbocycles. The first-order chi connectivity index (χ1) is 15.1. The van der Waals surface area contributed by atoms with Gasteiger partial charge in [-0.1, -0.05) is 67.6 Å². The Balaban J connectivity index is 1.41. The fourth-order valence-electron chi connectivity index (χ4n) is 5.87. The van der Waals surface area contributed by atoms with Gasteiger partial charge in [0.05, 0.1) is 0 Å². The molecular formula is C30H27N. The first kappa shape index (κ1) is 18.4. The quantitative estimate of drug-likeness (QED) is 0.422. The highest BCUT2D eigenvalue weighted by Crippen LogP contribution is 2.53. The highest BCUT2D eigenvalue weighted by atomic mass is 15.2. The average molecular weight is 402 g/mol. The molecule has 0 spiro atoms. The first-order valence-electron chi connectivity index (χ1n) is 11.3. The molecule has 1 saturated carbocycles. The van der Waals surface area contributed by atoms with E-state index in [1.54, 1.807) is 0 Å². The zero-order valence-corrected chi connectivity index (χ0v) is 18.1. The number of para-hydroxylation sites is 1. The van der Waals surface area contributed by atoms with Crippen LogP contribution in [0.25, 0.3) is 17.2 Å². The monoisotopic (exact) mass is 401 g/mol. The number of rotatable bonds is 2. The summed E-state index contributed by atoms with van der Waals surface area (Å²) in [5, 5.41) is 0. The van der Waals surface area contributed by atoms with E-state index in [4.69, 9.17) is 0 Å². The molecule has 3 aliphatic rings. The van der Waals surface area contributed by atoms with Crippen molar-refractivity contribution in [3.05, 3.63) is 113 Å². The number of anilines is 2. The van der Waals surface area contributed by atoms with Crippen molar-refractivity contribution in [1.29, 1.82) is 0 Å². The molecule has 2 atom stereocenters. The summed E-state index contributed by atoms with van der Waals surface area (Å²) in [6.07, 6.45) is 6.15. The van der Waals surface area contributed by atoms with Crippen molar-refractivity contribution >= 4 is 28.6 Å². The van der Waals surface area contributed by atoms with Gasteiger partial charge in [-0.25, -0.2) is 0 Å². The molecule has 0 amide bonds. The van der Waals surface area contributed by atoms with Crippen LogP contribution in [0.4, 0.5) is 11.4 Å². The molecule has 1 nitrogen and oxygen atoms in total. The first-order valence-corrected chi connectivity index (χ1v) is 11.3. The van der Waals surface area contributed by atoms with Crippen LogP contribution in [-0.4, -0.2) is 6.04 Å². The Morgan fingerprint density at radius 1 is 0.871 bits per heavy atom. The Morgan fingerprint density at radius 2 is 1.68 bits per heavy atom. The van der Waals surface area contributed by atoms with E-state index in [-0.39, 0.29) is 0 Å². The second-order valence-electron chi connectivity index (χ2n) is 9.19. The molecule has 0 N–H and O–H groups in total. The Kier molecular flexibility index (Phi) is 4.08. The van der Waals surface area contributed by atoms with Crippen molar-refractivity contribution in [2.75, 3.05) is 4.90 Å². The molecule has 1 heteroatoms. The second kappa shape index (κ2) is 6.85. The number of fused-ring (bicyclic) bond motifs is 4. The lowest BCUT2D eigenvalue weighted by Gasteiger charge is -2.27. The van der Waals surface area contributed by atoms with Crippen LogP contribution < -0.4 is 4.90 Å². The summed E-state index contributed by atoms with van der Waals surface area (Å²) >= 11 is 0. The minimum Gasteiger partial charge on any atom is -0.338 e. The van der Waals surface area contributed by atoms with Crippen LogP contribution in [-0.2, 0) is 0 Å². The fourth-order valence-corrected chi connectivity index (χ4v) is 5.87. The average Bonchev–Trinajstić information content (AvgIpc) is 3.43. The molecule has 1 fully saturated rings. The SMILES string of the molecule is C=C1C(=Cc2ccc3c(c2)C2CCCC2N3c2ccccc2)C(=C)c2cc(C)ccc21. The third kappa shape index (κ3) is 2.76. The van der Waals surface area contributed by atoms with E-state index >= 15 is 0 Å². The Labute approximate surface area is 185 Å². The molecular weight excluding hydrogens is 374 g/mol. The zero-order chi connectivity index (χ0) is 21.1. The van der Waals surface area contributed by atoms with Gasteiger partial charge in [0.2, 0.25) is 0 Å². The van der Waals surface area contributed by atoms with Crippen LogP contribution in [0.2, 0.25) is 0 Å². The summed E-state index contributed by atoms with van der Waals surface area (Å²) in [7, 11) is 0. The smallest absolute Gasteiger partial charge is 0.0450 e. The normalized spacial score (nSPS) is 22.7. The number of allylic oxidation sites excluding steroid dienone is 3. The molecule has 2 unspecified atom stereocenters. The van der Waals surface area contributed by atoms with Crippen LogP contribution in [0.5, 0.6) is 0 Å². The summed E-state index contributed by atoms with van der Waals surface area (Å²) < 4.78 is 0. The van der Waals surface area contributed by atoms with Crippen molar-refractivity contribution in [2.24, 2.45) is 0 Å². The number of benzene rings is 3. The number of nitrogens with zero attached hydrogens (tertiary/aromatic N) is 1. The van der Waals surface area contributed by atoms with E-state index in [1.165, 1.54) is 64.0 Å². The van der Waals surface area contributed by atoms with Gasteiger partial charge in [-0.2, -0.15) is 0 Å². The molecule has 1 heterocycles. The van der Waals surface area contributed by atoms with Crippen LogP contribution in [0.1, 0.15) is 53.0 Å². The molecule has 0 aromatic heterocycles.